The van der Waals surface area contributed by atoms with Gasteiger partial charge in [0.25, 0.3) is 10.0 Å². The van der Waals surface area contributed by atoms with Gasteiger partial charge >= 0.3 is 0 Å². The average molecular weight is 314 g/mol. The minimum absolute atomic E-state index is 0.206. The second-order valence-electron chi connectivity index (χ2n) is 4.45. The van der Waals surface area contributed by atoms with E-state index in [1.54, 1.807) is 13.0 Å². The lowest BCUT2D eigenvalue weighted by atomic mass is 10.2. The summed E-state index contributed by atoms with van der Waals surface area (Å²) in [6.45, 7) is 3.70. The standard InChI is InChI=1S/C13H15FN2O2S2/c1-8-5-10(3-4-11(8)14)16-20(17,18)13-6-9(2)12(7-15)19-13/h3-6,16H,7,15H2,1-2H3. The Kier molecular flexibility index (Phi) is 4.12. The maximum Gasteiger partial charge on any atom is 0.271 e. The molecule has 3 N–H and O–H groups in total. The molecule has 1 aromatic carbocycles. The van der Waals surface area contributed by atoms with Gasteiger partial charge in [0.05, 0.1) is 0 Å². The van der Waals surface area contributed by atoms with Crippen LogP contribution in [0.1, 0.15) is 16.0 Å². The number of hydrogen-bond acceptors (Lipinski definition) is 4. The predicted molar refractivity (Wildman–Crippen MR) is 78.9 cm³/mol. The average Bonchev–Trinajstić information content (AvgIpc) is 2.76. The number of sulfonamides is 1. The van der Waals surface area contributed by atoms with Crippen LogP contribution in [0.3, 0.4) is 0 Å². The molecule has 0 saturated carbocycles. The topological polar surface area (TPSA) is 72.2 Å². The molecule has 0 aliphatic carbocycles. The van der Waals surface area contributed by atoms with Crippen molar-refractivity contribution < 1.29 is 12.8 Å². The number of anilines is 1. The van der Waals surface area contributed by atoms with Gasteiger partial charge in [-0.15, -0.1) is 11.3 Å². The van der Waals surface area contributed by atoms with Crippen LogP contribution in [0.2, 0.25) is 0 Å². The monoisotopic (exact) mass is 314 g/mol. The van der Waals surface area contributed by atoms with Gasteiger partial charge in [-0.2, -0.15) is 0 Å². The molecule has 2 rings (SSSR count). The lowest BCUT2D eigenvalue weighted by molar-refractivity contribution is 0.602. The van der Waals surface area contributed by atoms with Gasteiger partial charge in [-0.05, 0) is 49.2 Å². The molecule has 0 atom stereocenters. The molecule has 0 aliphatic heterocycles. The summed E-state index contributed by atoms with van der Waals surface area (Å²) in [4.78, 5) is 0.834. The van der Waals surface area contributed by atoms with E-state index >= 15 is 0 Å². The van der Waals surface area contributed by atoms with Gasteiger partial charge in [-0.25, -0.2) is 12.8 Å². The van der Waals surface area contributed by atoms with E-state index in [2.05, 4.69) is 4.72 Å². The third-order valence-corrected chi connectivity index (χ3v) is 5.97. The molecular formula is C13H15FN2O2S2. The van der Waals surface area contributed by atoms with Crippen LogP contribution >= 0.6 is 11.3 Å². The molecule has 4 nitrogen and oxygen atoms in total. The molecule has 0 radical (unpaired) electrons. The smallest absolute Gasteiger partial charge is 0.271 e. The maximum atomic E-state index is 13.2. The van der Waals surface area contributed by atoms with Gasteiger partial charge in [-0.3, -0.25) is 4.72 Å². The first-order valence-corrected chi connectivity index (χ1v) is 8.22. The van der Waals surface area contributed by atoms with Gasteiger partial charge in [0.2, 0.25) is 0 Å². The van der Waals surface area contributed by atoms with Gasteiger partial charge in [0, 0.05) is 17.1 Å². The van der Waals surface area contributed by atoms with Crippen molar-refractivity contribution in [1.82, 2.24) is 0 Å². The highest BCUT2D eigenvalue weighted by Gasteiger charge is 2.19. The fourth-order valence-electron chi connectivity index (χ4n) is 1.74. The summed E-state index contributed by atoms with van der Waals surface area (Å²) in [7, 11) is -3.66. The van der Waals surface area contributed by atoms with E-state index in [9.17, 15) is 12.8 Å². The van der Waals surface area contributed by atoms with Crippen LogP contribution in [0, 0.1) is 19.7 Å². The lowest BCUT2D eigenvalue weighted by Crippen LogP contribution is -2.11. The molecule has 2 aromatic rings. The summed E-state index contributed by atoms with van der Waals surface area (Å²) in [5.74, 6) is -0.370. The van der Waals surface area contributed by atoms with Crippen LogP contribution in [-0.2, 0) is 16.6 Å². The van der Waals surface area contributed by atoms with Gasteiger partial charge in [0.15, 0.2) is 0 Å². The minimum atomic E-state index is -3.66. The number of halogens is 1. The highest BCUT2D eigenvalue weighted by atomic mass is 32.2. The van der Waals surface area contributed by atoms with Crippen molar-refractivity contribution in [2.24, 2.45) is 5.73 Å². The number of thiophene rings is 1. The van der Waals surface area contributed by atoms with Crippen molar-refractivity contribution in [3.05, 3.63) is 46.1 Å². The molecule has 108 valence electrons. The van der Waals surface area contributed by atoms with Crippen LogP contribution < -0.4 is 10.5 Å². The van der Waals surface area contributed by atoms with Crippen molar-refractivity contribution in [3.63, 3.8) is 0 Å². The number of nitrogens with one attached hydrogen (secondary N) is 1. The highest BCUT2D eigenvalue weighted by molar-refractivity contribution is 7.94. The largest absolute Gasteiger partial charge is 0.326 e. The van der Waals surface area contributed by atoms with Gasteiger partial charge in [0.1, 0.15) is 10.0 Å². The minimum Gasteiger partial charge on any atom is -0.326 e. The quantitative estimate of drug-likeness (QED) is 0.911. The molecule has 0 aliphatic rings. The van der Waals surface area contributed by atoms with Crippen molar-refractivity contribution in [2.75, 3.05) is 4.72 Å². The maximum absolute atomic E-state index is 13.2. The number of hydrogen-bond donors (Lipinski definition) is 2. The fraction of sp³-hybridized carbons (Fsp3) is 0.231. The predicted octanol–water partition coefficient (Wildman–Crippen LogP) is 2.76. The van der Waals surface area contributed by atoms with Crippen molar-refractivity contribution in [1.29, 1.82) is 0 Å². The molecule has 0 unspecified atom stereocenters. The van der Waals surface area contributed by atoms with E-state index in [-0.39, 0.29) is 10.0 Å². The molecule has 1 heterocycles. The van der Waals surface area contributed by atoms with E-state index in [1.807, 2.05) is 6.92 Å². The molecule has 1 aromatic heterocycles. The summed E-state index contributed by atoms with van der Waals surface area (Å²) in [5.41, 5.74) is 7.13. The van der Waals surface area contributed by atoms with E-state index in [4.69, 9.17) is 5.73 Å². The van der Waals surface area contributed by atoms with Crippen LogP contribution in [0.15, 0.2) is 28.5 Å². The Morgan fingerprint density at radius 2 is 1.95 bits per heavy atom. The first-order chi connectivity index (χ1) is 9.33. The third kappa shape index (κ3) is 3.00. The number of nitrogens with two attached hydrogens (primary N) is 1. The number of rotatable bonds is 4. The van der Waals surface area contributed by atoms with E-state index < -0.39 is 10.0 Å². The van der Waals surface area contributed by atoms with Crippen molar-refractivity contribution in [3.8, 4) is 0 Å². The Bertz CT molecular complexity index is 739. The van der Waals surface area contributed by atoms with E-state index in [0.29, 0.717) is 17.8 Å². The van der Waals surface area contributed by atoms with Crippen LogP contribution in [0.5, 0.6) is 0 Å². The highest BCUT2D eigenvalue weighted by Crippen LogP contribution is 2.27. The molecule has 0 amide bonds. The molecular weight excluding hydrogens is 299 g/mol. The molecule has 7 heteroatoms. The molecule has 0 bridgehead atoms. The summed E-state index contributed by atoms with van der Waals surface area (Å²) in [5, 5.41) is 0. The summed E-state index contributed by atoms with van der Waals surface area (Å²) < 4.78 is 40.3. The third-order valence-electron chi connectivity index (χ3n) is 2.86. The molecule has 0 saturated heterocycles. The zero-order valence-electron chi connectivity index (χ0n) is 11.1. The Hall–Kier alpha value is -1.44. The summed E-state index contributed by atoms with van der Waals surface area (Å²) in [6, 6.07) is 5.67. The van der Waals surface area contributed by atoms with Gasteiger partial charge < -0.3 is 5.73 Å². The van der Waals surface area contributed by atoms with Crippen LogP contribution in [0.25, 0.3) is 0 Å². The van der Waals surface area contributed by atoms with Crippen molar-refractivity contribution in [2.45, 2.75) is 24.6 Å². The first kappa shape index (κ1) is 15.0. The molecule has 0 fully saturated rings. The zero-order valence-corrected chi connectivity index (χ0v) is 12.7. The first-order valence-electron chi connectivity index (χ1n) is 5.92. The van der Waals surface area contributed by atoms with E-state index in [1.165, 1.54) is 18.2 Å². The number of aryl methyl sites for hydroxylation is 2. The Morgan fingerprint density at radius 1 is 1.25 bits per heavy atom. The fourth-order valence-corrected chi connectivity index (χ4v) is 4.25. The second kappa shape index (κ2) is 5.51. The van der Waals surface area contributed by atoms with E-state index in [0.717, 1.165) is 21.8 Å². The summed E-state index contributed by atoms with van der Waals surface area (Å²) in [6.07, 6.45) is 0. The Labute approximate surface area is 121 Å². The Balaban J connectivity index is 2.32. The summed E-state index contributed by atoms with van der Waals surface area (Å²) >= 11 is 1.14. The lowest BCUT2D eigenvalue weighted by Gasteiger charge is -2.07. The zero-order chi connectivity index (χ0) is 14.9. The molecule has 20 heavy (non-hydrogen) atoms. The SMILES string of the molecule is Cc1cc(NS(=O)(=O)c2cc(C)c(CN)s2)ccc1F. The Morgan fingerprint density at radius 3 is 2.50 bits per heavy atom. The number of benzene rings is 1. The normalized spacial score (nSPS) is 11.6. The molecule has 0 spiro atoms. The van der Waals surface area contributed by atoms with Crippen LogP contribution in [-0.4, -0.2) is 8.42 Å². The second-order valence-corrected chi connectivity index (χ2v) is 7.49. The van der Waals surface area contributed by atoms with Crippen molar-refractivity contribution >= 4 is 27.0 Å². The van der Waals surface area contributed by atoms with Crippen LogP contribution in [0.4, 0.5) is 10.1 Å². The van der Waals surface area contributed by atoms with Gasteiger partial charge in [-0.1, -0.05) is 0 Å².